The molecule has 1 aromatic carbocycles. The van der Waals surface area contributed by atoms with Gasteiger partial charge in [0.05, 0.1) is 0 Å². The molecule has 1 N–H and O–H groups in total. The summed E-state index contributed by atoms with van der Waals surface area (Å²) in [6, 6.07) is 6.65. The minimum atomic E-state index is -0.699. The molecule has 2 nitrogen and oxygen atoms in total. The second kappa shape index (κ2) is 6.58. The highest BCUT2D eigenvalue weighted by Gasteiger charge is 2.11. The smallest absolute Gasteiger partial charge is 0.303 e. The molecule has 0 amide bonds. The van der Waals surface area contributed by atoms with Crippen LogP contribution in [-0.4, -0.2) is 11.1 Å². The van der Waals surface area contributed by atoms with Crippen LogP contribution in [0.2, 0.25) is 0 Å². The Balaban J connectivity index is 2.74. The second-order valence-corrected chi connectivity index (χ2v) is 5.46. The fourth-order valence-electron chi connectivity index (χ4n) is 2.26. The van der Waals surface area contributed by atoms with E-state index in [1.807, 2.05) is 0 Å². The Labute approximate surface area is 110 Å². The van der Waals surface area contributed by atoms with Crippen LogP contribution >= 0.6 is 0 Å². The molecule has 1 rings (SSSR count). The lowest BCUT2D eigenvalue weighted by Gasteiger charge is -2.17. The summed E-state index contributed by atoms with van der Waals surface area (Å²) in [5, 5.41) is 8.67. The summed E-state index contributed by atoms with van der Waals surface area (Å²) < 4.78 is 0. The van der Waals surface area contributed by atoms with Crippen LogP contribution in [0.4, 0.5) is 0 Å². The van der Waals surface area contributed by atoms with Gasteiger partial charge in [0, 0.05) is 6.42 Å². The standard InChI is InChI=1S/C16H24O2/c1-11(2)14-9-8-13(4)15(10-14)12(3)6-5-7-16(17)18/h8-12H,5-7H2,1-4H3,(H,17,18). The summed E-state index contributed by atoms with van der Waals surface area (Å²) in [6.45, 7) is 8.72. The third kappa shape index (κ3) is 4.17. The van der Waals surface area contributed by atoms with Crippen molar-refractivity contribution in [3.63, 3.8) is 0 Å². The molecule has 0 saturated carbocycles. The van der Waals surface area contributed by atoms with E-state index in [0.717, 1.165) is 12.8 Å². The molecular weight excluding hydrogens is 224 g/mol. The number of carboxylic acid groups (broad SMARTS) is 1. The summed E-state index contributed by atoms with van der Waals surface area (Å²) in [7, 11) is 0. The zero-order chi connectivity index (χ0) is 13.7. The third-order valence-corrected chi connectivity index (χ3v) is 3.53. The summed E-state index contributed by atoms with van der Waals surface area (Å²) >= 11 is 0. The quantitative estimate of drug-likeness (QED) is 0.806. The molecular formula is C16H24O2. The molecule has 0 radical (unpaired) electrons. The number of hydrogen-bond donors (Lipinski definition) is 1. The van der Waals surface area contributed by atoms with Crippen molar-refractivity contribution in [1.82, 2.24) is 0 Å². The first-order valence-corrected chi connectivity index (χ1v) is 6.74. The van der Waals surface area contributed by atoms with E-state index >= 15 is 0 Å². The van der Waals surface area contributed by atoms with Gasteiger partial charge in [-0.2, -0.15) is 0 Å². The second-order valence-electron chi connectivity index (χ2n) is 5.46. The summed E-state index contributed by atoms with van der Waals surface area (Å²) in [5.41, 5.74) is 4.04. The van der Waals surface area contributed by atoms with Gasteiger partial charge in [0.2, 0.25) is 0 Å². The zero-order valence-corrected chi connectivity index (χ0v) is 11.9. The van der Waals surface area contributed by atoms with Crippen molar-refractivity contribution in [1.29, 1.82) is 0 Å². The Kier molecular flexibility index (Phi) is 5.39. The molecule has 0 bridgehead atoms. The molecule has 2 heteroatoms. The van der Waals surface area contributed by atoms with Crippen LogP contribution in [0.25, 0.3) is 0 Å². The molecule has 0 fully saturated rings. The average Bonchev–Trinajstić information content (AvgIpc) is 2.28. The van der Waals surface area contributed by atoms with Crippen LogP contribution in [0.5, 0.6) is 0 Å². The van der Waals surface area contributed by atoms with Gasteiger partial charge in [-0.05, 0) is 48.3 Å². The molecule has 0 spiro atoms. The maximum Gasteiger partial charge on any atom is 0.303 e. The molecule has 18 heavy (non-hydrogen) atoms. The SMILES string of the molecule is Cc1ccc(C(C)C)cc1C(C)CCCC(=O)O. The molecule has 0 aliphatic rings. The van der Waals surface area contributed by atoms with Gasteiger partial charge in [0.1, 0.15) is 0 Å². The van der Waals surface area contributed by atoms with Crippen LogP contribution in [0, 0.1) is 6.92 Å². The van der Waals surface area contributed by atoms with Crippen molar-refractivity contribution in [2.75, 3.05) is 0 Å². The minimum absolute atomic E-state index is 0.271. The summed E-state index contributed by atoms with van der Waals surface area (Å²) in [5.74, 6) is 0.272. The number of hydrogen-bond acceptors (Lipinski definition) is 1. The Hall–Kier alpha value is -1.31. The lowest BCUT2D eigenvalue weighted by Crippen LogP contribution is -2.01. The number of aliphatic carboxylic acids is 1. The van der Waals surface area contributed by atoms with Crippen molar-refractivity contribution in [3.05, 3.63) is 34.9 Å². The topological polar surface area (TPSA) is 37.3 Å². The molecule has 0 aromatic heterocycles. The van der Waals surface area contributed by atoms with Gasteiger partial charge in [-0.25, -0.2) is 0 Å². The van der Waals surface area contributed by atoms with Crippen molar-refractivity contribution >= 4 is 5.97 Å². The highest BCUT2D eigenvalue weighted by Crippen LogP contribution is 2.27. The summed E-state index contributed by atoms with van der Waals surface area (Å²) in [6.07, 6.45) is 1.96. The predicted molar refractivity (Wildman–Crippen MR) is 75.2 cm³/mol. The van der Waals surface area contributed by atoms with Crippen LogP contribution in [0.15, 0.2) is 18.2 Å². The fourth-order valence-corrected chi connectivity index (χ4v) is 2.26. The number of rotatable bonds is 6. The molecule has 1 aromatic rings. The Morgan fingerprint density at radius 3 is 2.50 bits per heavy atom. The van der Waals surface area contributed by atoms with E-state index in [2.05, 4.69) is 45.9 Å². The molecule has 100 valence electrons. The fraction of sp³-hybridized carbons (Fsp3) is 0.562. The molecule has 0 heterocycles. The Bertz CT molecular complexity index is 408. The van der Waals surface area contributed by atoms with E-state index in [0.29, 0.717) is 11.8 Å². The van der Waals surface area contributed by atoms with Gasteiger partial charge in [-0.15, -0.1) is 0 Å². The van der Waals surface area contributed by atoms with Crippen molar-refractivity contribution in [3.8, 4) is 0 Å². The van der Waals surface area contributed by atoms with Gasteiger partial charge in [-0.1, -0.05) is 39.0 Å². The van der Waals surface area contributed by atoms with Crippen LogP contribution in [0.3, 0.4) is 0 Å². The largest absolute Gasteiger partial charge is 0.481 e. The number of carboxylic acids is 1. The van der Waals surface area contributed by atoms with E-state index < -0.39 is 5.97 Å². The first-order chi connectivity index (χ1) is 8.41. The Morgan fingerprint density at radius 1 is 1.28 bits per heavy atom. The maximum absolute atomic E-state index is 10.5. The number of benzene rings is 1. The molecule has 0 saturated heterocycles. The van der Waals surface area contributed by atoms with E-state index in [4.69, 9.17) is 5.11 Å². The van der Waals surface area contributed by atoms with Crippen molar-refractivity contribution in [2.24, 2.45) is 0 Å². The van der Waals surface area contributed by atoms with E-state index in [9.17, 15) is 4.79 Å². The van der Waals surface area contributed by atoms with Gasteiger partial charge in [0.15, 0.2) is 0 Å². The van der Waals surface area contributed by atoms with E-state index in [1.54, 1.807) is 0 Å². The predicted octanol–water partition coefficient (Wildman–Crippen LogP) is 4.48. The van der Waals surface area contributed by atoms with E-state index in [-0.39, 0.29) is 6.42 Å². The van der Waals surface area contributed by atoms with Gasteiger partial charge < -0.3 is 5.11 Å². The van der Waals surface area contributed by atoms with Gasteiger partial charge >= 0.3 is 5.97 Å². The van der Waals surface area contributed by atoms with Gasteiger partial charge in [-0.3, -0.25) is 4.79 Å². The first kappa shape index (κ1) is 14.7. The highest BCUT2D eigenvalue weighted by atomic mass is 16.4. The van der Waals surface area contributed by atoms with E-state index in [1.165, 1.54) is 16.7 Å². The van der Waals surface area contributed by atoms with Crippen molar-refractivity contribution < 1.29 is 9.90 Å². The highest BCUT2D eigenvalue weighted by molar-refractivity contribution is 5.66. The molecule has 1 atom stereocenters. The number of carbonyl (C=O) groups is 1. The first-order valence-electron chi connectivity index (χ1n) is 6.74. The monoisotopic (exact) mass is 248 g/mol. The third-order valence-electron chi connectivity index (χ3n) is 3.53. The zero-order valence-electron chi connectivity index (χ0n) is 11.9. The molecule has 1 unspecified atom stereocenters. The summed E-state index contributed by atoms with van der Waals surface area (Å²) in [4.78, 5) is 10.5. The average molecular weight is 248 g/mol. The molecule has 0 aliphatic heterocycles. The van der Waals surface area contributed by atoms with Crippen LogP contribution < -0.4 is 0 Å². The Morgan fingerprint density at radius 2 is 1.94 bits per heavy atom. The van der Waals surface area contributed by atoms with Crippen LogP contribution in [0.1, 0.15) is 68.6 Å². The van der Waals surface area contributed by atoms with Crippen molar-refractivity contribution in [2.45, 2.75) is 58.8 Å². The maximum atomic E-state index is 10.5. The lowest BCUT2D eigenvalue weighted by molar-refractivity contribution is -0.137. The minimum Gasteiger partial charge on any atom is -0.481 e. The molecule has 0 aliphatic carbocycles. The van der Waals surface area contributed by atoms with Gasteiger partial charge in [0.25, 0.3) is 0 Å². The number of aryl methyl sites for hydroxylation is 1. The normalized spacial score (nSPS) is 12.7. The van der Waals surface area contributed by atoms with Crippen LogP contribution in [-0.2, 0) is 4.79 Å². The lowest BCUT2D eigenvalue weighted by atomic mass is 9.88.